The molecule has 1 aliphatic rings. The quantitative estimate of drug-likeness (QED) is 0.518. The van der Waals surface area contributed by atoms with Crippen LogP contribution < -0.4 is 15.8 Å². The van der Waals surface area contributed by atoms with Crippen molar-refractivity contribution in [3.05, 3.63) is 29.8 Å². The van der Waals surface area contributed by atoms with Crippen molar-refractivity contribution in [3.8, 4) is 5.75 Å². The van der Waals surface area contributed by atoms with Gasteiger partial charge in [0.2, 0.25) is 5.91 Å². The molecule has 1 fully saturated rings. The second-order valence-electron chi connectivity index (χ2n) is 7.66. The van der Waals surface area contributed by atoms with Gasteiger partial charge in [-0.3, -0.25) is 9.69 Å². The highest BCUT2D eigenvalue weighted by Gasteiger charge is 2.19. The SMILES string of the molecule is CCCCCCCCOc1ccc(CNC2CCN(CC(N)=O)CC2)cc1. The summed E-state index contributed by atoms with van der Waals surface area (Å²) in [7, 11) is 0. The van der Waals surface area contributed by atoms with Crippen LogP contribution in [0, 0.1) is 0 Å². The van der Waals surface area contributed by atoms with Crippen molar-refractivity contribution in [2.45, 2.75) is 70.9 Å². The maximum absolute atomic E-state index is 11.0. The summed E-state index contributed by atoms with van der Waals surface area (Å²) in [6.45, 7) is 6.19. The van der Waals surface area contributed by atoms with Gasteiger partial charge in [0.15, 0.2) is 0 Å². The maximum atomic E-state index is 11.0. The first-order valence-corrected chi connectivity index (χ1v) is 10.6. The third-order valence-electron chi connectivity index (χ3n) is 5.25. The Hall–Kier alpha value is -1.59. The molecule has 152 valence electrons. The van der Waals surface area contributed by atoms with Gasteiger partial charge in [0.1, 0.15) is 5.75 Å². The topological polar surface area (TPSA) is 67.6 Å². The molecule has 2 rings (SSSR count). The molecule has 0 spiro atoms. The minimum Gasteiger partial charge on any atom is -0.494 e. The lowest BCUT2D eigenvalue weighted by molar-refractivity contribution is -0.119. The van der Waals surface area contributed by atoms with Crippen LogP contribution in [0.1, 0.15) is 63.9 Å². The van der Waals surface area contributed by atoms with Gasteiger partial charge in [-0.25, -0.2) is 0 Å². The van der Waals surface area contributed by atoms with Crippen LogP contribution in [0.25, 0.3) is 0 Å². The predicted octanol–water partition coefficient (Wildman–Crippen LogP) is 3.47. The number of ether oxygens (including phenoxy) is 1. The number of piperidine rings is 1. The number of primary amides is 1. The number of likely N-dealkylation sites (tertiary alicyclic amines) is 1. The van der Waals surface area contributed by atoms with E-state index in [1.807, 2.05) is 0 Å². The molecule has 27 heavy (non-hydrogen) atoms. The molecular formula is C22H37N3O2. The summed E-state index contributed by atoms with van der Waals surface area (Å²) in [5, 5.41) is 3.62. The molecule has 0 aliphatic carbocycles. The zero-order chi connectivity index (χ0) is 19.3. The number of amides is 1. The summed E-state index contributed by atoms with van der Waals surface area (Å²) in [5.41, 5.74) is 6.54. The standard InChI is InChI=1S/C22H37N3O2/c1-2-3-4-5-6-7-16-27-21-10-8-19(9-11-21)17-24-20-12-14-25(15-13-20)18-22(23)26/h8-11,20,24H,2-7,12-18H2,1H3,(H2,23,26). The minimum atomic E-state index is -0.236. The van der Waals surface area contributed by atoms with E-state index in [4.69, 9.17) is 10.5 Å². The van der Waals surface area contributed by atoms with Gasteiger partial charge in [-0.15, -0.1) is 0 Å². The average Bonchev–Trinajstić information content (AvgIpc) is 2.67. The van der Waals surface area contributed by atoms with Gasteiger partial charge in [-0.1, -0.05) is 51.2 Å². The van der Waals surface area contributed by atoms with Crippen molar-refractivity contribution in [3.63, 3.8) is 0 Å². The lowest BCUT2D eigenvalue weighted by Crippen LogP contribution is -2.45. The lowest BCUT2D eigenvalue weighted by atomic mass is 10.0. The van der Waals surface area contributed by atoms with E-state index in [0.29, 0.717) is 12.6 Å². The van der Waals surface area contributed by atoms with E-state index in [0.717, 1.165) is 51.3 Å². The van der Waals surface area contributed by atoms with Crippen molar-refractivity contribution in [1.29, 1.82) is 0 Å². The summed E-state index contributed by atoms with van der Waals surface area (Å²) >= 11 is 0. The Bertz CT molecular complexity index is 525. The summed E-state index contributed by atoms with van der Waals surface area (Å²) < 4.78 is 5.84. The fourth-order valence-electron chi connectivity index (χ4n) is 3.55. The average molecular weight is 376 g/mol. The molecule has 0 unspecified atom stereocenters. The number of carbonyl (C=O) groups excluding carboxylic acids is 1. The molecule has 0 radical (unpaired) electrons. The number of nitrogens with one attached hydrogen (secondary N) is 1. The van der Waals surface area contributed by atoms with Crippen LogP contribution in [0.4, 0.5) is 0 Å². The Morgan fingerprint density at radius 3 is 2.44 bits per heavy atom. The maximum Gasteiger partial charge on any atom is 0.231 e. The number of unbranched alkanes of at least 4 members (excludes halogenated alkanes) is 5. The molecular weight excluding hydrogens is 338 g/mol. The highest BCUT2D eigenvalue weighted by molar-refractivity contribution is 5.75. The second kappa shape index (κ2) is 12.7. The van der Waals surface area contributed by atoms with E-state index in [-0.39, 0.29) is 5.91 Å². The third-order valence-corrected chi connectivity index (χ3v) is 5.25. The molecule has 0 atom stereocenters. The molecule has 1 saturated heterocycles. The van der Waals surface area contributed by atoms with Crippen LogP contribution in [0.5, 0.6) is 5.75 Å². The van der Waals surface area contributed by atoms with Crippen LogP contribution >= 0.6 is 0 Å². The number of carbonyl (C=O) groups is 1. The van der Waals surface area contributed by atoms with Crippen molar-refractivity contribution >= 4 is 5.91 Å². The molecule has 5 heteroatoms. The minimum absolute atomic E-state index is 0.236. The van der Waals surface area contributed by atoms with Gasteiger partial charge >= 0.3 is 0 Å². The van der Waals surface area contributed by atoms with Crippen LogP contribution in [-0.4, -0.2) is 43.1 Å². The van der Waals surface area contributed by atoms with E-state index < -0.39 is 0 Å². The van der Waals surface area contributed by atoms with Gasteiger partial charge in [0.05, 0.1) is 13.2 Å². The number of benzene rings is 1. The summed E-state index contributed by atoms with van der Waals surface area (Å²) in [4.78, 5) is 13.1. The summed E-state index contributed by atoms with van der Waals surface area (Å²) in [6.07, 6.45) is 9.85. The monoisotopic (exact) mass is 375 g/mol. The highest BCUT2D eigenvalue weighted by atomic mass is 16.5. The van der Waals surface area contributed by atoms with E-state index >= 15 is 0 Å². The smallest absolute Gasteiger partial charge is 0.231 e. The number of hydrogen-bond acceptors (Lipinski definition) is 4. The van der Waals surface area contributed by atoms with Gasteiger partial charge in [-0.05, 0) is 37.0 Å². The predicted molar refractivity (Wildman–Crippen MR) is 111 cm³/mol. The number of nitrogens with two attached hydrogens (primary N) is 1. The van der Waals surface area contributed by atoms with Crippen molar-refractivity contribution in [1.82, 2.24) is 10.2 Å². The fourth-order valence-corrected chi connectivity index (χ4v) is 3.55. The van der Waals surface area contributed by atoms with Gasteiger partial charge in [0, 0.05) is 25.7 Å². The van der Waals surface area contributed by atoms with Gasteiger partial charge < -0.3 is 15.8 Å². The van der Waals surface area contributed by atoms with Crippen LogP contribution in [0.2, 0.25) is 0 Å². The first-order valence-electron chi connectivity index (χ1n) is 10.6. The molecule has 1 heterocycles. The van der Waals surface area contributed by atoms with E-state index in [9.17, 15) is 4.79 Å². The van der Waals surface area contributed by atoms with Gasteiger partial charge in [-0.2, -0.15) is 0 Å². The van der Waals surface area contributed by atoms with Crippen LogP contribution in [-0.2, 0) is 11.3 Å². The van der Waals surface area contributed by atoms with Crippen LogP contribution in [0.15, 0.2) is 24.3 Å². The number of hydrogen-bond donors (Lipinski definition) is 2. The van der Waals surface area contributed by atoms with Crippen molar-refractivity contribution in [2.75, 3.05) is 26.2 Å². The zero-order valence-electron chi connectivity index (χ0n) is 16.9. The normalized spacial score (nSPS) is 15.7. The first-order chi connectivity index (χ1) is 13.2. The molecule has 1 aromatic rings. The van der Waals surface area contributed by atoms with E-state index in [1.54, 1.807) is 0 Å². The summed E-state index contributed by atoms with van der Waals surface area (Å²) in [5.74, 6) is 0.729. The summed E-state index contributed by atoms with van der Waals surface area (Å²) in [6, 6.07) is 8.95. The third kappa shape index (κ3) is 9.25. The Morgan fingerprint density at radius 1 is 1.11 bits per heavy atom. The zero-order valence-corrected chi connectivity index (χ0v) is 16.9. The first kappa shape index (κ1) is 21.7. The largest absolute Gasteiger partial charge is 0.494 e. The molecule has 5 nitrogen and oxygen atoms in total. The molecule has 0 saturated carbocycles. The highest BCUT2D eigenvalue weighted by Crippen LogP contribution is 2.15. The van der Waals surface area contributed by atoms with Crippen LogP contribution in [0.3, 0.4) is 0 Å². The number of rotatable bonds is 13. The van der Waals surface area contributed by atoms with E-state index in [2.05, 4.69) is 41.4 Å². The van der Waals surface area contributed by atoms with Gasteiger partial charge in [0.25, 0.3) is 0 Å². The molecule has 1 amide bonds. The number of nitrogens with zero attached hydrogens (tertiary/aromatic N) is 1. The molecule has 1 aliphatic heterocycles. The molecule has 1 aromatic carbocycles. The Morgan fingerprint density at radius 2 is 1.78 bits per heavy atom. The second-order valence-corrected chi connectivity index (χ2v) is 7.66. The Balaban J connectivity index is 1.57. The lowest BCUT2D eigenvalue weighted by Gasteiger charge is -2.31. The van der Waals surface area contributed by atoms with Crippen molar-refractivity contribution in [2.24, 2.45) is 5.73 Å². The fraction of sp³-hybridized carbons (Fsp3) is 0.682. The molecule has 0 bridgehead atoms. The molecule has 3 N–H and O–H groups in total. The Labute approximate surface area is 164 Å². The van der Waals surface area contributed by atoms with Crippen molar-refractivity contribution < 1.29 is 9.53 Å². The molecule has 0 aromatic heterocycles. The Kier molecular flexibility index (Phi) is 10.2. The van der Waals surface area contributed by atoms with E-state index in [1.165, 1.54) is 37.7 Å².